The summed E-state index contributed by atoms with van der Waals surface area (Å²) in [5.41, 5.74) is 2.88. The van der Waals surface area contributed by atoms with Gasteiger partial charge in [0.05, 0.1) is 12.9 Å². The van der Waals surface area contributed by atoms with E-state index in [4.69, 9.17) is 14.2 Å². The zero-order valence-corrected chi connectivity index (χ0v) is 24.1. The number of imidazole rings is 1. The predicted octanol–water partition coefficient (Wildman–Crippen LogP) is 3.98. The van der Waals surface area contributed by atoms with Crippen LogP contribution in [0.3, 0.4) is 0 Å². The van der Waals surface area contributed by atoms with E-state index in [1.165, 1.54) is 26.5 Å². The van der Waals surface area contributed by atoms with Gasteiger partial charge in [-0.3, -0.25) is 14.2 Å². The van der Waals surface area contributed by atoms with Crippen molar-refractivity contribution in [1.82, 2.24) is 19.5 Å². The molecular weight excluding hydrogens is 562 g/mol. The highest BCUT2D eigenvalue weighted by atomic mass is 16.6. The van der Waals surface area contributed by atoms with Crippen molar-refractivity contribution in [1.29, 1.82) is 0 Å². The number of aliphatic hydroxyl groups is 1. The maximum atomic E-state index is 12.1. The van der Waals surface area contributed by atoms with Gasteiger partial charge in [-0.05, 0) is 16.7 Å². The minimum absolute atomic E-state index is 0.382. The maximum Gasteiger partial charge on any atom is 0.303 e. The smallest absolute Gasteiger partial charge is 0.303 e. The Kier molecular flexibility index (Phi) is 8.05. The zero-order chi connectivity index (χ0) is 30.7. The van der Waals surface area contributed by atoms with Crippen LogP contribution in [0.15, 0.2) is 104 Å². The lowest BCUT2D eigenvalue weighted by Crippen LogP contribution is -2.40. The first-order chi connectivity index (χ1) is 21.4. The lowest BCUT2D eigenvalue weighted by Gasteiger charge is -2.37. The summed E-state index contributed by atoms with van der Waals surface area (Å²) in [6, 6.07) is 30.2. The maximum absolute atomic E-state index is 12.1. The summed E-state index contributed by atoms with van der Waals surface area (Å²) in [6.07, 6.45) is -1.11. The molecule has 3 aromatic carbocycles. The van der Waals surface area contributed by atoms with Crippen LogP contribution < -0.4 is 5.32 Å². The summed E-state index contributed by atoms with van der Waals surface area (Å²) in [4.78, 5) is 37.8. The third kappa shape index (κ3) is 5.27. The molecule has 0 bridgehead atoms. The molecule has 3 heterocycles. The summed E-state index contributed by atoms with van der Waals surface area (Å²) in [5.74, 6) is -0.750. The Balaban J connectivity index is 1.49. The van der Waals surface area contributed by atoms with Crippen LogP contribution in [0.5, 0.6) is 0 Å². The number of fused-ring (bicyclic) bond motifs is 1. The number of nitrogens with one attached hydrogen (secondary N) is 1. The number of rotatable bonds is 9. The predicted molar refractivity (Wildman–Crippen MR) is 160 cm³/mol. The van der Waals surface area contributed by atoms with Gasteiger partial charge in [0, 0.05) is 13.8 Å². The Bertz CT molecular complexity index is 1650. The molecule has 6 rings (SSSR count). The number of anilines is 1. The normalized spacial score (nSPS) is 19.9. The molecule has 224 valence electrons. The van der Waals surface area contributed by atoms with Crippen molar-refractivity contribution in [3.8, 4) is 0 Å². The Morgan fingerprint density at radius 3 is 1.84 bits per heavy atom. The average Bonchev–Trinajstić information content (AvgIpc) is 3.62. The van der Waals surface area contributed by atoms with Crippen molar-refractivity contribution >= 4 is 28.9 Å². The first kappa shape index (κ1) is 29.0. The second-order valence-electron chi connectivity index (χ2n) is 10.4. The van der Waals surface area contributed by atoms with Crippen LogP contribution >= 0.6 is 0 Å². The number of aromatic nitrogens is 4. The monoisotopic (exact) mass is 593 g/mol. The third-order valence-electron chi connectivity index (χ3n) is 7.63. The fraction of sp³-hybridized carbons (Fsp3) is 0.242. The largest absolute Gasteiger partial charge is 0.456 e. The first-order valence-corrected chi connectivity index (χ1v) is 14.2. The number of esters is 2. The highest BCUT2D eigenvalue weighted by molar-refractivity contribution is 5.84. The van der Waals surface area contributed by atoms with Crippen LogP contribution in [-0.4, -0.2) is 61.5 Å². The van der Waals surface area contributed by atoms with E-state index in [2.05, 4.69) is 56.7 Å². The molecule has 0 aliphatic carbocycles. The first-order valence-electron chi connectivity index (χ1n) is 14.2. The minimum Gasteiger partial charge on any atom is -0.456 e. The van der Waals surface area contributed by atoms with E-state index >= 15 is 0 Å². The number of carbonyl (C=O) groups is 2. The molecule has 2 aromatic heterocycles. The molecule has 1 aliphatic rings. The van der Waals surface area contributed by atoms with Gasteiger partial charge in [-0.25, -0.2) is 15.0 Å². The van der Waals surface area contributed by atoms with E-state index in [1.54, 1.807) is 4.57 Å². The van der Waals surface area contributed by atoms with Gasteiger partial charge in [-0.1, -0.05) is 91.0 Å². The van der Waals surface area contributed by atoms with Crippen LogP contribution in [0.4, 0.5) is 5.82 Å². The summed E-state index contributed by atoms with van der Waals surface area (Å²) in [7, 11) is 0. The van der Waals surface area contributed by atoms with Gasteiger partial charge >= 0.3 is 11.9 Å². The fourth-order valence-corrected chi connectivity index (χ4v) is 5.82. The van der Waals surface area contributed by atoms with Gasteiger partial charge in [-0.15, -0.1) is 0 Å². The van der Waals surface area contributed by atoms with E-state index in [9.17, 15) is 14.7 Å². The average molecular weight is 594 g/mol. The topological polar surface area (TPSA) is 138 Å². The van der Waals surface area contributed by atoms with Crippen molar-refractivity contribution in [2.75, 3.05) is 11.9 Å². The number of benzene rings is 3. The third-order valence-corrected chi connectivity index (χ3v) is 7.63. The van der Waals surface area contributed by atoms with Crippen molar-refractivity contribution in [3.63, 3.8) is 0 Å². The summed E-state index contributed by atoms with van der Waals surface area (Å²) >= 11 is 0. The minimum atomic E-state index is -1.06. The van der Waals surface area contributed by atoms with Gasteiger partial charge in [-0.2, -0.15) is 0 Å². The highest BCUT2D eigenvalue weighted by Crippen LogP contribution is 2.41. The number of hydrogen-bond acceptors (Lipinski definition) is 10. The van der Waals surface area contributed by atoms with E-state index < -0.39 is 48.6 Å². The molecule has 11 heteroatoms. The zero-order valence-electron chi connectivity index (χ0n) is 24.1. The molecule has 5 aromatic rings. The molecule has 0 amide bonds. The molecule has 0 spiro atoms. The van der Waals surface area contributed by atoms with E-state index in [1.807, 2.05) is 54.6 Å². The summed E-state index contributed by atoms with van der Waals surface area (Å²) < 4.78 is 18.7. The number of nitrogens with zero attached hydrogens (tertiary/aromatic N) is 4. The van der Waals surface area contributed by atoms with Gasteiger partial charge in [0.15, 0.2) is 35.4 Å². The number of aliphatic hydroxyl groups excluding tert-OH is 1. The summed E-state index contributed by atoms with van der Waals surface area (Å²) in [6.45, 7) is 2.03. The molecule has 1 unspecified atom stereocenters. The van der Waals surface area contributed by atoms with Crippen LogP contribution in [-0.2, 0) is 29.3 Å². The Labute approximate surface area is 253 Å². The van der Waals surface area contributed by atoms with E-state index in [0.29, 0.717) is 17.0 Å². The Morgan fingerprint density at radius 2 is 1.34 bits per heavy atom. The highest BCUT2D eigenvalue weighted by Gasteiger charge is 2.50. The molecule has 11 nitrogen and oxygen atoms in total. The molecule has 1 saturated heterocycles. The van der Waals surface area contributed by atoms with Crippen molar-refractivity contribution < 1.29 is 28.9 Å². The van der Waals surface area contributed by atoms with Crippen LogP contribution in [0.25, 0.3) is 11.2 Å². The molecular formula is C33H31N5O6. The molecule has 2 N–H and O–H groups in total. The van der Waals surface area contributed by atoms with E-state index in [-0.39, 0.29) is 0 Å². The van der Waals surface area contributed by atoms with Crippen molar-refractivity contribution in [2.45, 2.75) is 43.9 Å². The quantitative estimate of drug-likeness (QED) is 0.191. The van der Waals surface area contributed by atoms with Gasteiger partial charge in [0.25, 0.3) is 0 Å². The second kappa shape index (κ2) is 12.2. The summed E-state index contributed by atoms with van der Waals surface area (Å²) in [5, 5.41) is 13.7. The van der Waals surface area contributed by atoms with Crippen molar-refractivity contribution in [2.24, 2.45) is 0 Å². The number of ether oxygens (including phenoxy) is 3. The lowest BCUT2D eigenvalue weighted by molar-refractivity contribution is -0.165. The standard InChI is InChI=1S/C33H31N5O6/c1-21(40)42-28-26(18-39)44-32(29(28)43-22(2)41)38-20-36-27-30(34-19-35-31(27)38)37-33(23-12-6-3-7-13-23,24-14-8-4-9-15-24)25-16-10-5-11-17-25/h3-17,19-20,26,28-29,32,39H,18H2,1-2H3,(H,34,35,37)/t26-,28+,29?,32-/m1/s1. The Morgan fingerprint density at radius 1 is 0.818 bits per heavy atom. The Hall–Kier alpha value is -5.13. The van der Waals surface area contributed by atoms with Gasteiger partial charge in [0.2, 0.25) is 0 Å². The number of carbonyl (C=O) groups excluding carboxylic acids is 2. The molecule has 1 aliphatic heterocycles. The second-order valence-corrected chi connectivity index (χ2v) is 10.4. The SMILES string of the molecule is CC(=O)OC1[C@@H](OC(C)=O)[C@@H](CO)O[C@H]1n1cnc2c(NC(c3ccccc3)(c3ccccc3)c3ccccc3)ncnc21. The fourth-order valence-electron chi connectivity index (χ4n) is 5.82. The van der Waals surface area contributed by atoms with E-state index in [0.717, 1.165) is 16.7 Å². The van der Waals surface area contributed by atoms with Gasteiger partial charge < -0.3 is 24.6 Å². The molecule has 0 saturated carbocycles. The molecule has 1 fully saturated rings. The molecule has 0 radical (unpaired) electrons. The molecule has 4 atom stereocenters. The lowest BCUT2D eigenvalue weighted by atomic mass is 9.77. The van der Waals surface area contributed by atoms with Crippen LogP contribution in [0, 0.1) is 0 Å². The number of hydrogen-bond donors (Lipinski definition) is 2. The molecule has 44 heavy (non-hydrogen) atoms. The van der Waals surface area contributed by atoms with Gasteiger partial charge in [0.1, 0.15) is 18.0 Å². The van der Waals surface area contributed by atoms with Crippen LogP contribution in [0.2, 0.25) is 0 Å². The van der Waals surface area contributed by atoms with Crippen LogP contribution in [0.1, 0.15) is 36.8 Å². The van der Waals surface area contributed by atoms with Crippen molar-refractivity contribution in [3.05, 3.63) is 120 Å².